The lowest BCUT2D eigenvalue weighted by Gasteiger charge is -2.18. The van der Waals surface area contributed by atoms with E-state index in [1.54, 1.807) is 29.2 Å². The van der Waals surface area contributed by atoms with Crippen molar-refractivity contribution in [1.29, 1.82) is 5.41 Å². The van der Waals surface area contributed by atoms with Crippen LogP contribution in [0, 0.1) is 17.8 Å². The number of para-hydroxylation sites is 1. The van der Waals surface area contributed by atoms with Crippen molar-refractivity contribution in [3.05, 3.63) is 72.1 Å². The Balaban J connectivity index is 1.51. The Morgan fingerprint density at radius 2 is 1.88 bits per heavy atom. The molecule has 0 bridgehead atoms. The van der Waals surface area contributed by atoms with E-state index in [1.165, 1.54) is 6.33 Å². The number of carbonyl (C=O) groups excluding carboxylic acids is 1. The van der Waals surface area contributed by atoms with Gasteiger partial charge in [0.1, 0.15) is 29.5 Å². The minimum absolute atomic E-state index is 0.0465. The summed E-state index contributed by atoms with van der Waals surface area (Å²) in [6.07, 6.45) is 7.29. The van der Waals surface area contributed by atoms with Gasteiger partial charge in [-0.1, -0.05) is 18.2 Å². The number of nitrogen functional groups attached to an aromatic ring is 1. The molecule has 1 saturated heterocycles. The maximum atomic E-state index is 11.7. The molecule has 160 valence electrons. The number of nitrogens with one attached hydrogen (secondary N) is 2. The topological polar surface area (TPSA) is 117 Å². The quantitative estimate of drug-likeness (QED) is 0.412. The summed E-state index contributed by atoms with van der Waals surface area (Å²) in [5.41, 5.74) is 7.35. The Morgan fingerprint density at radius 3 is 2.59 bits per heavy atom. The molecule has 1 aromatic heterocycles. The Kier molecular flexibility index (Phi) is 5.99. The normalized spacial score (nSPS) is 15.1. The van der Waals surface area contributed by atoms with E-state index >= 15 is 0 Å². The van der Waals surface area contributed by atoms with Crippen LogP contribution >= 0.6 is 0 Å². The molecule has 1 aliphatic heterocycles. The van der Waals surface area contributed by atoms with Crippen LogP contribution in [0.15, 0.2) is 60.9 Å². The van der Waals surface area contributed by atoms with Crippen molar-refractivity contribution < 1.29 is 9.53 Å². The second kappa shape index (κ2) is 9.18. The van der Waals surface area contributed by atoms with E-state index < -0.39 is 0 Å². The molecule has 2 aromatic carbocycles. The van der Waals surface area contributed by atoms with E-state index in [0.717, 1.165) is 12.2 Å². The van der Waals surface area contributed by atoms with Gasteiger partial charge in [0, 0.05) is 24.7 Å². The lowest BCUT2D eigenvalue weighted by molar-refractivity contribution is -0.124. The molecule has 8 heteroatoms. The number of amides is 1. The molecule has 1 aliphatic rings. The van der Waals surface area contributed by atoms with E-state index in [1.807, 2.05) is 30.3 Å². The van der Waals surface area contributed by atoms with Gasteiger partial charge in [-0.15, -0.1) is 6.42 Å². The maximum Gasteiger partial charge on any atom is 0.298 e. The highest BCUT2D eigenvalue weighted by Gasteiger charge is 2.27. The zero-order chi connectivity index (χ0) is 22.5. The summed E-state index contributed by atoms with van der Waals surface area (Å²) >= 11 is 0. The second-order valence-electron chi connectivity index (χ2n) is 7.32. The zero-order valence-corrected chi connectivity index (χ0v) is 17.3. The van der Waals surface area contributed by atoms with Crippen LogP contribution in [0.3, 0.4) is 0 Å². The molecule has 0 radical (unpaired) electrons. The number of nitrogens with two attached hydrogens (primary N) is 1. The molecule has 3 aromatic rings. The van der Waals surface area contributed by atoms with E-state index in [2.05, 4.69) is 21.2 Å². The first-order chi connectivity index (χ1) is 15.5. The Bertz CT molecular complexity index is 1170. The van der Waals surface area contributed by atoms with Crippen LogP contribution in [0.5, 0.6) is 11.5 Å². The summed E-state index contributed by atoms with van der Waals surface area (Å²) in [5.74, 6) is 3.85. The van der Waals surface area contributed by atoms with Gasteiger partial charge in [-0.25, -0.2) is 9.97 Å². The smallest absolute Gasteiger partial charge is 0.298 e. The molecule has 4 N–H and O–H groups in total. The summed E-state index contributed by atoms with van der Waals surface area (Å²) in [5, 5.41) is 12.0. The fraction of sp³-hybridized carbons (Fsp3) is 0.167. The molecule has 32 heavy (non-hydrogen) atoms. The van der Waals surface area contributed by atoms with Crippen molar-refractivity contribution in [2.24, 2.45) is 0 Å². The molecule has 1 atom stereocenters. The molecule has 8 nitrogen and oxygen atoms in total. The number of terminal acetylenes is 1. The fourth-order valence-corrected chi connectivity index (χ4v) is 3.56. The molecule has 0 saturated carbocycles. The van der Waals surface area contributed by atoms with Gasteiger partial charge in [0.05, 0.1) is 11.3 Å². The van der Waals surface area contributed by atoms with Crippen LogP contribution in [0.25, 0.3) is 0 Å². The second-order valence-corrected chi connectivity index (χ2v) is 7.32. The van der Waals surface area contributed by atoms with Gasteiger partial charge in [0.15, 0.2) is 0 Å². The number of aromatic nitrogens is 2. The number of carbonyl (C=O) groups is 1. The van der Waals surface area contributed by atoms with E-state index in [4.69, 9.17) is 22.3 Å². The highest BCUT2D eigenvalue weighted by molar-refractivity contribution is 6.16. The number of hydrogen-bond acceptors (Lipinski definition) is 7. The largest absolute Gasteiger partial charge is 0.457 e. The zero-order valence-electron chi connectivity index (χ0n) is 17.3. The number of anilines is 2. The molecule has 1 fully saturated rings. The van der Waals surface area contributed by atoms with Gasteiger partial charge in [0.2, 0.25) is 0 Å². The number of ether oxygens (including phenoxy) is 1. The summed E-state index contributed by atoms with van der Waals surface area (Å²) in [6.45, 7) is 1.03. The lowest BCUT2D eigenvalue weighted by atomic mass is 10.0. The van der Waals surface area contributed by atoms with Gasteiger partial charge in [0.25, 0.3) is 5.91 Å². The van der Waals surface area contributed by atoms with E-state index in [0.29, 0.717) is 35.8 Å². The first-order valence-electron chi connectivity index (χ1n) is 10.1. The van der Waals surface area contributed by atoms with Crippen LogP contribution in [-0.4, -0.2) is 45.6 Å². The first kappa shape index (κ1) is 20.9. The van der Waals surface area contributed by atoms with Crippen LogP contribution in [0.4, 0.5) is 11.6 Å². The van der Waals surface area contributed by atoms with Crippen LogP contribution in [0.1, 0.15) is 17.5 Å². The highest BCUT2D eigenvalue weighted by atomic mass is 16.5. The fourth-order valence-electron chi connectivity index (χ4n) is 3.56. The minimum atomic E-state index is -0.331. The Labute approximate surface area is 186 Å². The number of likely N-dealkylation sites (tertiary alicyclic amines) is 1. The third kappa shape index (κ3) is 4.52. The van der Waals surface area contributed by atoms with Crippen molar-refractivity contribution in [2.75, 3.05) is 24.1 Å². The van der Waals surface area contributed by atoms with Crippen molar-refractivity contribution in [1.82, 2.24) is 14.9 Å². The SMILES string of the molecule is C#CC(=O)N1CCC(Nc2ncnc(N)c2C(=N)c2ccc(Oc3ccccc3)cc2)C1. The van der Waals surface area contributed by atoms with Gasteiger partial charge >= 0.3 is 0 Å². The predicted octanol–water partition coefficient (Wildman–Crippen LogP) is 2.91. The lowest BCUT2D eigenvalue weighted by Crippen LogP contribution is -2.31. The molecule has 2 heterocycles. The Hall–Kier alpha value is -4.38. The number of nitrogens with zero attached hydrogens (tertiary/aromatic N) is 3. The maximum absolute atomic E-state index is 11.7. The molecular weight excluding hydrogens is 404 g/mol. The number of hydrogen-bond donors (Lipinski definition) is 3. The summed E-state index contributed by atoms with van der Waals surface area (Å²) in [4.78, 5) is 21.7. The van der Waals surface area contributed by atoms with Crippen molar-refractivity contribution in [3.8, 4) is 23.8 Å². The number of rotatable bonds is 6. The standard InChI is InChI=1S/C24H22N6O2/c1-2-20(31)30-13-12-17(14-30)29-24-21(23(26)27-15-28-24)22(25)16-8-10-19(11-9-16)32-18-6-4-3-5-7-18/h1,3-11,15,17,25H,12-14H2,(H3,26,27,28,29). The van der Waals surface area contributed by atoms with Crippen LogP contribution in [-0.2, 0) is 4.79 Å². The summed E-state index contributed by atoms with van der Waals surface area (Å²) < 4.78 is 5.82. The monoisotopic (exact) mass is 426 g/mol. The van der Waals surface area contributed by atoms with Gasteiger partial charge < -0.3 is 20.7 Å². The molecular formula is C24H22N6O2. The summed E-state index contributed by atoms with van der Waals surface area (Å²) in [7, 11) is 0. The van der Waals surface area contributed by atoms with Gasteiger partial charge in [-0.05, 0) is 48.7 Å². The van der Waals surface area contributed by atoms with Crippen molar-refractivity contribution >= 4 is 23.3 Å². The van der Waals surface area contributed by atoms with Crippen molar-refractivity contribution in [3.63, 3.8) is 0 Å². The van der Waals surface area contributed by atoms with E-state index in [9.17, 15) is 4.79 Å². The molecule has 1 amide bonds. The minimum Gasteiger partial charge on any atom is -0.457 e. The average molecular weight is 426 g/mol. The third-order valence-corrected chi connectivity index (χ3v) is 5.19. The molecule has 0 spiro atoms. The van der Waals surface area contributed by atoms with Crippen LogP contribution in [0.2, 0.25) is 0 Å². The van der Waals surface area contributed by atoms with Gasteiger partial charge in [-0.2, -0.15) is 0 Å². The number of benzene rings is 2. The van der Waals surface area contributed by atoms with Crippen LogP contribution < -0.4 is 15.8 Å². The molecule has 4 rings (SSSR count). The summed E-state index contributed by atoms with van der Waals surface area (Å²) in [6, 6.07) is 16.6. The third-order valence-electron chi connectivity index (χ3n) is 5.19. The first-order valence-corrected chi connectivity index (χ1v) is 10.1. The average Bonchev–Trinajstić information content (AvgIpc) is 3.28. The molecule has 0 aliphatic carbocycles. The Morgan fingerprint density at radius 1 is 1.16 bits per heavy atom. The highest BCUT2D eigenvalue weighted by Crippen LogP contribution is 2.26. The van der Waals surface area contributed by atoms with Crippen molar-refractivity contribution in [2.45, 2.75) is 12.5 Å². The molecule has 1 unspecified atom stereocenters. The predicted molar refractivity (Wildman–Crippen MR) is 123 cm³/mol. The van der Waals surface area contributed by atoms with Gasteiger partial charge in [-0.3, -0.25) is 10.2 Å². The van der Waals surface area contributed by atoms with E-state index in [-0.39, 0.29) is 23.5 Å².